The second-order valence-electron chi connectivity index (χ2n) is 4.98. The Bertz CT molecular complexity index is 483. The van der Waals surface area contributed by atoms with Crippen molar-refractivity contribution in [2.75, 3.05) is 6.79 Å². The molecule has 3 heterocycles. The van der Waals surface area contributed by atoms with Crippen LogP contribution in [0.4, 0.5) is 0 Å². The highest BCUT2D eigenvalue weighted by Gasteiger charge is 2.32. The van der Waals surface area contributed by atoms with Crippen LogP contribution in [0.15, 0.2) is 30.4 Å². The SMILES string of the molecule is C1=CC(c2ccc3c(c2)OCO3)C2CCC1N2. The summed E-state index contributed by atoms with van der Waals surface area (Å²) in [6.45, 7) is 0.350. The summed E-state index contributed by atoms with van der Waals surface area (Å²) in [5, 5.41) is 3.65. The summed E-state index contributed by atoms with van der Waals surface area (Å²) in [5.41, 5.74) is 1.32. The number of ether oxygens (including phenoxy) is 2. The maximum Gasteiger partial charge on any atom is 0.231 e. The van der Waals surface area contributed by atoms with Crippen molar-refractivity contribution in [3.05, 3.63) is 35.9 Å². The van der Waals surface area contributed by atoms with Crippen LogP contribution < -0.4 is 14.8 Å². The van der Waals surface area contributed by atoms with Crippen LogP contribution in [0.1, 0.15) is 24.3 Å². The molecule has 4 rings (SSSR count). The lowest BCUT2D eigenvalue weighted by Crippen LogP contribution is -2.35. The van der Waals surface area contributed by atoms with Gasteiger partial charge < -0.3 is 14.8 Å². The second-order valence-corrected chi connectivity index (χ2v) is 4.98. The van der Waals surface area contributed by atoms with Gasteiger partial charge in [-0.05, 0) is 30.5 Å². The fourth-order valence-corrected chi connectivity index (χ4v) is 3.09. The summed E-state index contributed by atoms with van der Waals surface area (Å²) in [5.74, 6) is 2.23. The Balaban J connectivity index is 1.70. The minimum absolute atomic E-state index is 0.350. The largest absolute Gasteiger partial charge is 0.454 e. The van der Waals surface area contributed by atoms with Gasteiger partial charge in [0, 0.05) is 18.0 Å². The molecule has 17 heavy (non-hydrogen) atoms. The van der Waals surface area contributed by atoms with Crippen molar-refractivity contribution in [3.63, 3.8) is 0 Å². The van der Waals surface area contributed by atoms with E-state index in [9.17, 15) is 0 Å². The van der Waals surface area contributed by atoms with Crippen molar-refractivity contribution in [3.8, 4) is 11.5 Å². The lowest BCUT2D eigenvalue weighted by atomic mass is 9.89. The zero-order valence-electron chi connectivity index (χ0n) is 9.56. The third-order valence-electron chi connectivity index (χ3n) is 3.98. The van der Waals surface area contributed by atoms with Gasteiger partial charge >= 0.3 is 0 Å². The van der Waals surface area contributed by atoms with Gasteiger partial charge in [0.1, 0.15) is 0 Å². The predicted octanol–water partition coefficient (Wildman–Crippen LogP) is 2.19. The summed E-state index contributed by atoms with van der Waals surface area (Å²) in [6.07, 6.45) is 7.17. The highest BCUT2D eigenvalue weighted by molar-refractivity contribution is 5.47. The molecule has 0 amide bonds. The molecule has 0 aromatic heterocycles. The molecular weight excluding hydrogens is 214 g/mol. The van der Waals surface area contributed by atoms with E-state index in [0.717, 1.165) is 11.5 Å². The summed E-state index contributed by atoms with van der Waals surface area (Å²) in [4.78, 5) is 0. The standard InChI is InChI=1S/C14H15NO2/c1-6-13-14(17-8-16-13)7-9(1)11-4-2-10-3-5-12(11)15-10/h1-2,4,6-7,10-12,15H,3,5,8H2. The van der Waals surface area contributed by atoms with Crippen molar-refractivity contribution >= 4 is 0 Å². The summed E-state index contributed by atoms with van der Waals surface area (Å²) in [6, 6.07) is 7.49. The Hall–Kier alpha value is -1.48. The highest BCUT2D eigenvalue weighted by Crippen LogP contribution is 2.38. The fourth-order valence-electron chi connectivity index (χ4n) is 3.09. The number of fused-ring (bicyclic) bond motifs is 3. The molecular formula is C14H15NO2. The topological polar surface area (TPSA) is 30.5 Å². The molecule has 1 fully saturated rings. The second kappa shape index (κ2) is 3.50. The number of nitrogens with one attached hydrogen (secondary N) is 1. The first-order valence-corrected chi connectivity index (χ1v) is 6.24. The predicted molar refractivity (Wildman–Crippen MR) is 64.4 cm³/mol. The van der Waals surface area contributed by atoms with E-state index in [2.05, 4.69) is 29.6 Å². The quantitative estimate of drug-likeness (QED) is 0.749. The van der Waals surface area contributed by atoms with E-state index in [1.54, 1.807) is 0 Å². The van der Waals surface area contributed by atoms with Gasteiger partial charge in [0.05, 0.1) is 0 Å². The van der Waals surface area contributed by atoms with E-state index in [1.807, 2.05) is 6.07 Å². The van der Waals surface area contributed by atoms with Gasteiger partial charge in [0.25, 0.3) is 0 Å². The summed E-state index contributed by atoms with van der Waals surface area (Å²) < 4.78 is 10.8. The molecule has 3 aliphatic rings. The molecule has 1 aromatic rings. The molecule has 2 bridgehead atoms. The van der Waals surface area contributed by atoms with Crippen molar-refractivity contribution in [1.29, 1.82) is 0 Å². The molecule has 1 aromatic carbocycles. The van der Waals surface area contributed by atoms with Crippen molar-refractivity contribution in [2.24, 2.45) is 0 Å². The van der Waals surface area contributed by atoms with Crippen molar-refractivity contribution < 1.29 is 9.47 Å². The van der Waals surface area contributed by atoms with Gasteiger partial charge in [-0.2, -0.15) is 0 Å². The average Bonchev–Trinajstić information content (AvgIpc) is 2.96. The van der Waals surface area contributed by atoms with E-state index < -0.39 is 0 Å². The van der Waals surface area contributed by atoms with Gasteiger partial charge in [0.15, 0.2) is 11.5 Å². The molecule has 3 aliphatic heterocycles. The lowest BCUT2D eigenvalue weighted by Gasteiger charge is -2.25. The van der Waals surface area contributed by atoms with E-state index >= 15 is 0 Å². The van der Waals surface area contributed by atoms with Gasteiger partial charge in [-0.3, -0.25) is 0 Å². The van der Waals surface area contributed by atoms with Crippen LogP contribution in [-0.2, 0) is 0 Å². The molecule has 3 heteroatoms. The lowest BCUT2D eigenvalue weighted by molar-refractivity contribution is 0.174. The third kappa shape index (κ3) is 1.46. The highest BCUT2D eigenvalue weighted by atomic mass is 16.7. The van der Waals surface area contributed by atoms with Crippen molar-refractivity contribution in [2.45, 2.75) is 30.8 Å². The van der Waals surface area contributed by atoms with Gasteiger partial charge in [0.2, 0.25) is 6.79 Å². The van der Waals surface area contributed by atoms with Gasteiger partial charge in [-0.15, -0.1) is 0 Å². The Kier molecular flexibility index (Phi) is 1.97. The normalized spacial score (nSPS) is 33.1. The van der Waals surface area contributed by atoms with Crippen LogP contribution in [0, 0.1) is 0 Å². The van der Waals surface area contributed by atoms with Crippen LogP contribution >= 0.6 is 0 Å². The molecule has 3 unspecified atom stereocenters. The Labute approximate surface area is 100 Å². The number of hydrogen-bond acceptors (Lipinski definition) is 3. The zero-order valence-corrected chi connectivity index (χ0v) is 9.56. The zero-order chi connectivity index (χ0) is 11.2. The van der Waals surface area contributed by atoms with Gasteiger partial charge in [-0.1, -0.05) is 18.2 Å². The van der Waals surface area contributed by atoms with Crippen LogP contribution in [0.3, 0.4) is 0 Å². The van der Waals surface area contributed by atoms with Gasteiger partial charge in [-0.25, -0.2) is 0 Å². The summed E-state index contributed by atoms with van der Waals surface area (Å²) >= 11 is 0. The smallest absolute Gasteiger partial charge is 0.231 e. The first kappa shape index (κ1) is 9.54. The van der Waals surface area contributed by atoms with E-state index in [1.165, 1.54) is 18.4 Å². The molecule has 0 radical (unpaired) electrons. The molecule has 3 nitrogen and oxygen atoms in total. The molecule has 1 N–H and O–H groups in total. The van der Waals surface area contributed by atoms with E-state index in [0.29, 0.717) is 24.8 Å². The minimum Gasteiger partial charge on any atom is -0.454 e. The summed E-state index contributed by atoms with van der Waals surface area (Å²) in [7, 11) is 0. The van der Waals surface area contributed by atoms with Crippen molar-refractivity contribution in [1.82, 2.24) is 5.32 Å². The molecule has 1 saturated heterocycles. The first-order chi connectivity index (χ1) is 8.40. The van der Waals surface area contributed by atoms with Crippen LogP contribution in [-0.4, -0.2) is 18.9 Å². The molecule has 3 atom stereocenters. The van der Waals surface area contributed by atoms with Crippen LogP contribution in [0.2, 0.25) is 0 Å². The molecule has 0 saturated carbocycles. The molecule has 0 spiro atoms. The van der Waals surface area contributed by atoms with Crippen LogP contribution in [0.5, 0.6) is 11.5 Å². The van der Waals surface area contributed by atoms with Crippen LogP contribution in [0.25, 0.3) is 0 Å². The Morgan fingerprint density at radius 1 is 1.06 bits per heavy atom. The maximum atomic E-state index is 5.44. The monoisotopic (exact) mass is 229 g/mol. The van der Waals surface area contributed by atoms with E-state index in [-0.39, 0.29) is 0 Å². The average molecular weight is 229 g/mol. The number of benzene rings is 1. The number of rotatable bonds is 1. The molecule has 88 valence electrons. The Morgan fingerprint density at radius 2 is 2.00 bits per heavy atom. The van der Waals surface area contributed by atoms with E-state index in [4.69, 9.17) is 9.47 Å². The molecule has 0 aliphatic carbocycles. The minimum atomic E-state index is 0.350. The number of hydrogen-bond donors (Lipinski definition) is 1. The Morgan fingerprint density at radius 3 is 3.00 bits per heavy atom. The first-order valence-electron chi connectivity index (χ1n) is 6.24. The maximum absolute atomic E-state index is 5.44. The third-order valence-corrected chi connectivity index (χ3v) is 3.98. The fraction of sp³-hybridized carbons (Fsp3) is 0.429.